The zero-order chi connectivity index (χ0) is 19.9. The average Bonchev–Trinajstić information content (AvgIpc) is 2.74. The Labute approximate surface area is 161 Å². The fourth-order valence-electron chi connectivity index (χ4n) is 2.40. The van der Waals surface area contributed by atoms with Gasteiger partial charge in [0.1, 0.15) is 12.7 Å². The van der Waals surface area contributed by atoms with Crippen LogP contribution in [0.2, 0.25) is 0 Å². The fourth-order valence-corrected chi connectivity index (χ4v) is 2.40. The Morgan fingerprint density at radius 3 is 2.32 bits per heavy atom. The van der Waals surface area contributed by atoms with Crippen molar-refractivity contribution >= 4 is 0 Å². The summed E-state index contributed by atoms with van der Waals surface area (Å²) in [6, 6.07) is 11.2. The van der Waals surface area contributed by atoms with Gasteiger partial charge in [0.15, 0.2) is 23.1 Å². The Balaban J connectivity index is 1.65. The van der Waals surface area contributed by atoms with E-state index in [0.717, 1.165) is 17.5 Å². The Kier molecular flexibility index (Phi) is 6.12. The van der Waals surface area contributed by atoms with Crippen LogP contribution in [-0.2, 0) is 6.61 Å². The van der Waals surface area contributed by atoms with Crippen LogP contribution < -0.4 is 9.47 Å². The molecule has 0 aliphatic rings. The molecule has 0 N–H and O–H groups in total. The van der Waals surface area contributed by atoms with E-state index in [-0.39, 0.29) is 17.9 Å². The van der Waals surface area contributed by atoms with E-state index in [2.05, 4.69) is 9.97 Å². The molecule has 0 fully saturated rings. The monoisotopic (exact) mass is 381 g/mol. The van der Waals surface area contributed by atoms with Gasteiger partial charge in [0, 0.05) is 5.56 Å². The van der Waals surface area contributed by atoms with E-state index in [1.807, 2.05) is 19.1 Å². The number of halogens is 2. The Morgan fingerprint density at radius 2 is 1.68 bits per heavy atom. The molecule has 5 nitrogen and oxygen atoms in total. The van der Waals surface area contributed by atoms with Gasteiger partial charge in [0.25, 0.3) is 0 Å². The summed E-state index contributed by atoms with van der Waals surface area (Å²) < 4.78 is 38.3. The number of benzene rings is 2. The van der Waals surface area contributed by atoms with Crippen molar-refractivity contribution in [2.24, 2.45) is 0 Å². The van der Waals surface area contributed by atoms with Gasteiger partial charge in [-0.05, 0) is 24.1 Å². The molecule has 3 aromatic rings. The fraction of sp³-hybridized carbons (Fsp3) is 0.190. The SMILES string of the molecule is CCCOc1cnc(-c2ccc(COc3ccc(C#N)c(F)c3F)cc2)nc1. The van der Waals surface area contributed by atoms with Gasteiger partial charge in [0.2, 0.25) is 5.82 Å². The maximum Gasteiger partial charge on any atom is 0.202 e. The highest BCUT2D eigenvalue weighted by atomic mass is 19.2. The summed E-state index contributed by atoms with van der Waals surface area (Å²) in [7, 11) is 0. The minimum Gasteiger partial charge on any atom is -0.490 e. The summed E-state index contributed by atoms with van der Waals surface area (Å²) in [5.41, 5.74) is 1.21. The van der Waals surface area contributed by atoms with Crippen LogP contribution in [0.15, 0.2) is 48.8 Å². The molecule has 2 aromatic carbocycles. The van der Waals surface area contributed by atoms with Crippen molar-refractivity contribution in [2.75, 3.05) is 6.61 Å². The molecule has 0 saturated heterocycles. The smallest absolute Gasteiger partial charge is 0.202 e. The third-order valence-electron chi connectivity index (χ3n) is 3.87. The van der Waals surface area contributed by atoms with E-state index in [1.54, 1.807) is 30.6 Å². The largest absolute Gasteiger partial charge is 0.490 e. The van der Waals surface area contributed by atoms with Gasteiger partial charge in [-0.15, -0.1) is 0 Å². The van der Waals surface area contributed by atoms with E-state index in [1.165, 1.54) is 12.1 Å². The lowest BCUT2D eigenvalue weighted by molar-refractivity contribution is 0.284. The molecule has 1 aromatic heterocycles. The van der Waals surface area contributed by atoms with Crippen molar-refractivity contribution in [1.29, 1.82) is 5.26 Å². The zero-order valence-electron chi connectivity index (χ0n) is 15.2. The van der Waals surface area contributed by atoms with Crippen LogP contribution in [0.1, 0.15) is 24.5 Å². The molecule has 0 aliphatic carbocycles. The van der Waals surface area contributed by atoms with Gasteiger partial charge in [-0.25, -0.2) is 14.4 Å². The number of ether oxygens (including phenoxy) is 2. The minimum atomic E-state index is -1.21. The zero-order valence-corrected chi connectivity index (χ0v) is 15.2. The second-order valence-electron chi connectivity index (χ2n) is 5.93. The Hall–Kier alpha value is -3.53. The molecular formula is C21H17F2N3O2. The maximum atomic E-state index is 13.9. The standard InChI is InChI=1S/C21H17F2N3O2/c1-2-9-27-17-11-25-21(26-12-17)15-5-3-14(4-6-15)13-28-18-8-7-16(10-24)19(22)20(18)23/h3-8,11-12H,2,9,13H2,1H3. The second kappa shape index (κ2) is 8.91. The third kappa shape index (κ3) is 4.41. The predicted octanol–water partition coefficient (Wildman–Crippen LogP) is 4.66. The van der Waals surface area contributed by atoms with Crippen LogP contribution >= 0.6 is 0 Å². The van der Waals surface area contributed by atoms with Crippen molar-refractivity contribution in [3.63, 3.8) is 0 Å². The summed E-state index contributed by atoms with van der Waals surface area (Å²) >= 11 is 0. The summed E-state index contributed by atoms with van der Waals surface area (Å²) in [5, 5.41) is 8.70. The minimum absolute atomic E-state index is 0.0488. The number of rotatable bonds is 7. The molecule has 7 heteroatoms. The van der Waals surface area contributed by atoms with Crippen molar-refractivity contribution in [2.45, 2.75) is 20.0 Å². The van der Waals surface area contributed by atoms with Crippen LogP contribution in [0, 0.1) is 23.0 Å². The summed E-state index contributed by atoms with van der Waals surface area (Å²) in [5.74, 6) is -1.45. The number of nitriles is 1. The van der Waals surface area contributed by atoms with Gasteiger partial charge in [0.05, 0.1) is 24.6 Å². The number of aromatic nitrogens is 2. The lowest BCUT2D eigenvalue weighted by Crippen LogP contribution is -2.00. The average molecular weight is 381 g/mol. The van der Waals surface area contributed by atoms with Crippen molar-refractivity contribution < 1.29 is 18.3 Å². The van der Waals surface area contributed by atoms with Gasteiger partial charge < -0.3 is 9.47 Å². The molecule has 0 spiro atoms. The number of hydrogen-bond acceptors (Lipinski definition) is 5. The van der Waals surface area contributed by atoms with E-state index >= 15 is 0 Å². The first-order chi connectivity index (χ1) is 13.6. The highest BCUT2D eigenvalue weighted by Crippen LogP contribution is 2.24. The molecule has 0 bridgehead atoms. The van der Waals surface area contributed by atoms with Crippen molar-refractivity contribution in [3.05, 3.63) is 71.6 Å². The van der Waals surface area contributed by atoms with Crippen LogP contribution in [0.3, 0.4) is 0 Å². The van der Waals surface area contributed by atoms with E-state index < -0.39 is 11.6 Å². The van der Waals surface area contributed by atoms with Gasteiger partial charge in [-0.3, -0.25) is 0 Å². The Morgan fingerprint density at radius 1 is 0.964 bits per heavy atom. The molecule has 3 rings (SSSR count). The van der Waals surface area contributed by atoms with Crippen LogP contribution in [-0.4, -0.2) is 16.6 Å². The summed E-state index contributed by atoms with van der Waals surface area (Å²) in [6.07, 6.45) is 4.15. The quantitative estimate of drug-likeness (QED) is 0.595. The number of nitrogens with zero attached hydrogens (tertiary/aromatic N) is 3. The predicted molar refractivity (Wildman–Crippen MR) is 98.7 cm³/mol. The molecule has 28 heavy (non-hydrogen) atoms. The molecular weight excluding hydrogens is 364 g/mol. The highest BCUT2D eigenvalue weighted by molar-refractivity contribution is 5.55. The molecule has 0 radical (unpaired) electrons. The van der Waals surface area contributed by atoms with E-state index in [4.69, 9.17) is 14.7 Å². The topological polar surface area (TPSA) is 68.0 Å². The molecule has 0 amide bonds. The summed E-state index contributed by atoms with van der Waals surface area (Å²) in [4.78, 5) is 8.56. The molecule has 0 aliphatic heterocycles. The van der Waals surface area contributed by atoms with Gasteiger partial charge >= 0.3 is 0 Å². The number of hydrogen-bond donors (Lipinski definition) is 0. The van der Waals surface area contributed by atoms with Crippen LogP contribution in [0.5, 0.6) is 11.5 Å². The molecule has 0 atom stereocenters. The van der Waals surface area contributed by atoms with Gasteiger partial charge in [-0.2, -0.15) is 9.65 Å². The Bertz CT molecular complexity index is 984. The molecule has 0 unspecified atom stereocenters. The summed E-state index contributed by atoms with van der Waals surface area (Å²) in [6.45, 7) is 2.68. The first-order valence-corrected chi connectivity index (χ1v) is 8.67. The van der Waals surface area contributed by atoms with Crippen LogP contribution in [0.4, 0.5) is 8.78 Å². The maximum absolute atomic E-state index is 13.9. The molecule has 0 saturated carbocycles. The van der Waals surface area contributed by atoms with Gasteiger partial charge in [-0.1, -0.05) is 31.2 Å². The lowest BCUT2D eigenvalue weighted by atomic mass is 10.1. The molecule has 142 valence electrons. The lowest BCUT2D eigenvalue weighted by Gasteiger charge is -2.09. The van der Waals surface area contributed by atoms with Crippen molar-refractivity contribution in [3.8, 4) is 29.0 Å². The molecule has 1 heterocycles. The first-order valence-electron chi connectivity index (χ1n) is 8.67. The third-order valence-corrected chi connectivity index (χ3v) is 3.87. The van der Waals surface area contributed by atoms with Crippen LogP contribution in [0.25, 0.3) is 11.4 Å². The first kappa shape index (κ1) is 19.2. The highest BCUT2D eigenvalue weighted by Gasteiger charge is 2.14. The van der Waals surface area contributed by atoms with E-state index in [9.17, 15) is 8.78 Å². The second-order valence-corrected chi connectivity index (χ2v) is 5.93. The van der Waals surface area contributed by atoms with E-state index in [0.29, 0.717) is 18.2 Å². The van der Waals surface area contributed by atoms with Crippen molar-refractivity contribution in [1.82, 2.24) is 9.97 Å². The normalized spacial score (nSPS) is 10.4.